The summed E-state index contributed by atoms with van der Waals surface area (Å²) in [7, 11) is 1.98. The molecule has 0 radical (unpaired) electrons. The molecular formula is C13H19NO3S. The second-order valence-corrected chi connectivity index (χ2v) is 5.99. The van der Waals surface area contributed by atoms with E-state index >= 15 is 0 Å². The van der Waals surface area contributed by atoms with Crippen molar-refractivity contribution in [2.24, 2.45) is 5.41 Å². The van der Waals surface area contributed by atoms with Gasteiger partial charge in [-0.2, -0.15) is 0 Å². The van der Waals surface area contributed by atoms with Crippen LogP contribution in [0.5, 0.6) is 0 Å². The molecule has 1 aromatic rings. The average molecular weight is 269 g/mol. The van der Waals surface area contributed by atoms with Crippen molar-refractivity contribution in [3.8, 4) is 0 Å². The molecule has 1 fully saturated rings. The predicted molar refractivity (Wildman–Crippen MR) is 71.0 cm³/mol. The molecule has 0 aliphatic carbocycles. The van der Waals surface area contributed by atoms with E-state index in [1.165, 1.54) is 4.88 Å². The number of nitrogens with zero attached hydrogens (tertiary/aromatic N) is 1. The van der Waals surface area contributed by atoms with Gasteiger partial charge in [0.25, 0.3) is 0 Å². The minimum Gasteiger partial charge on any atom is -0.481 e. The van der Waals surface area contributed by atoms with E-state index in [1.807, 2.05) is 13.1 Å². The number of rotatable bonds is 6. The van der Waals surface area contributed by atoms with E-state index in [4.69, 9.17) is 4.74 Å². The van der Waals surface area contributed by atoms with Crippen LogP contribution in [0.3, 0.4) is 0 Å². The molecule has 100 valence electrons. The molecule has 1 atom stereocenters. The lowest BCUT2D eigenvalue weighted by molar-refractivity contribution is -0.150. The van der Waals surface area contributed by atoms with E-state index in [2.05, 4.69) is 16.3 Å². The molecule has 0 bridgehead atoms. The molecule has 2 rings (SSSR count). The summed E-state index contributed by atoms with van der Waals surface area (Å²) in [6.45, 7) is 2.35. The molecule has 0 amide bonds. The molecule has 1 saturated heterocycles. The molecule has 0 spiro atoms. The smallest absolute Gasteiger partial charge is 0.313 e. The van der Waals surface area contributed by atoms with Crippen LogP contribution in [0, 0.1) is 5.41 Å². The maximum Gasteiger partial charge on any atom is 0.313 e. The highest BCUT2D eigenvalue weighted by molar-refractivity contribution is 7.09. The number of carbonyl (C=O) groups is 1. The second kappa shape index (κ2) is 5.82. The summed E-state index contributed by atoms with van der Waals surface area (Å²) in [5, 5.41) is 11.4. The van der Waals surface area contributed by atoms with Crippen LogP contribution in [0.2, 0.25) is 0 Å². The standard InChI is InChI=1S/C13H19NO3S/c1-14(6-4-11-3-2-8-18-11)9-13(12(15)16)5-7-17-10-13/h2-3,8H,4-7,9-10H2,1H3,(H,15,16). The van der Waals surface area contributed by atoms with Gasteiger partial charge in [0.05, 0.1) is 6.61 Å². The Morgan fingerprint density at radius 3 is 3.06 bits per heavy atom. The Balaban J connectivity index is 1.85. The first-order chi connectivity index (χ1) is 8.62. The van der Waals surface area contributed by atoms with Crippen molar-refractivity contribution < 1.29 is 14.6 Å². The number of aliphatic carboxylic acids is 1. The van der Waals surface area contributed by atoms with E-state index in [9.17, 15) is 9.90 Å². The van der Waals surface area contributed by atoms with Crippen molar-refractivity contribution in [1.82, 2.24) is 4.90 Å². The van der Waals surface area contributed by atoms with Gasteiger partial charge in [0.15, 0.2) is 0 Å². The molecule has 1 aliphatic rings. The molecule has 0 saturated carbocycles. The molecule has 4 nitrogen and oxygen atoms in total. The third-order valence-electron chi connectivity index (χ3n) is 3.45. The summed E-state index contributed by atoms with van der Waals surface area (Å²) in [6, 6.07) is 4.16. The zero-order valence-electron chi connectivity index (χ0n) is 10.6. The lowest BCUT2D eigenvalue weighted by Gasteiger charge is -2.28. The van der Waals surface area contributed by atoms with Crippen molar-refractivity contribution in [2.45, 2.75) is 12.8 Å². The summed E-state index contributed by atoms with van der Waals surface area (Å²) in [5.41, 5.74) is -0.704. The lowest BCUT2D eigenvalue weighted by atomic mass is 9.87. The number of carboxylic acids is 1. The largest absolute Gasteiger partial charge is 0.481 e. The van der Waals surface area contributed by atoms with Crippen molar-refractivity contribution in [1.29, 1.82) is 0 Å². The maximum atomic E-state index is 11.4. The monoisotopic (exact) mass is 269 g/mol. The van der Waals surface area contributed by atoms with Crippen LogP contribution >= 0.6 is 11.3 Å². The van der Waals surface area contributed by atoms with Gasteiger partial charge in [-0.25, -0.2) is 0 Å². The van der Waals surface area contributed by atoms with E-state index in [1.54, 1.807) is 11.3 Å². The predicted octanol–water partition coefficient (Wildman–Crippen LogP) is 1.71. The summed E-state index contributed by atoms with van der Waals surface area (Å²) in [6.07, 6.45) is 1.59. The van der Waals surface area contributed by atoms with Gasteiger partial charge >= 0.3 is 5.97 Å². The summed E-state index contributed by atoms with van der Waals surface area (Å²) < 4.78 is 5.27. The molecule has 1 aromatic heterocycles. The Morgan fingerprint density at radius 1 is 1.67 bits per heavy atom. The van der Waals surface area contributed by atoms with Gasteiger partial charge in [0, 0.05) is 24.6 Å². The summed E-state index contributed by atoms with van der Waals surface area (Å²) in [4.78, 5) is 14.8. The van der Waals surface area contributed by atoms with Crippen molar-refractivity contribution >= 4 is 17.3 Å². The van der Waals surface area contributed by atoms with Crippen LogP contribution in [0.25, 0.3) is 0 Å². The minimum atomic E-state index is -0.733. The number of ether oxygens (including phenoxy) is 1. The van der Waals surface area contributed by atoms with Gasteiger partial charge < -0.3 is 14.7 Å². The Bertz CT molecular complexity index is 385. The molecule has 5 heteroatoms. The van der Waals surface area contributed by atoms with Crippen LogP contribution in [0.1, 0.15) is 11.3 Å². The Kier molecular flexibility index (Phi) is 4.37. The van der Waals surface area contributed by atoms with E-state index in [-0.39, 0.29) is 0 Å². The Hall–Kier alpha value is -0.910. The molecule has 1 aliphatic heterocycles. The fourth-order valence-corrected chi connectivity index (χ4v) is 3.02. The number of carboxylic acid groups (broad SMARTS) is 1. The van der Waals surface area contributed by atoms with E-state index in [0.29, 0.717) is 26.2 Å². The van der Waals surface area contributed by atoms with Crippen LogP contribution in [-0.4, -0.2) is 49.3 Å². The van der Waals surface area contributed by atoms with Gasteiger partial charge in [-0.1, -0.05) is 6.07 Å². The Labute approximate surface area is 111 Å². The fraction of sp³-hybridized carbons (Fsp3) is 0.615. The minimum absolute atomic E-state index is 0.339. The number of likely N-dealkylation sites (N-methyl/N-ethyl adjacent to an activating group) is 1. The zero-order chi connectivity index (χ0) is 13.0. The van der Waals surface area contributed by atoms with Crippen molar-refractivity contribution in [2.75, 3.05) is 33.4 Å². The van der Waals surface area contributed by atoms with Crippen LogP contribution in [-0.2, 0) is 16.0 Å². The van der Waals surface area contributed by atoms with Gasteiger partial charge in [-0.15, -0.1) is 11.3 Å². The van der Waals surface area contributed by atoms with Gasteiger partial charge in [0.2, 0.25) is 0 Å². The molecule has 0 aromatic carbocycles. The number of hydrogen-bond donors (Lipinski definition) is 1. The molecule has 1 N–H and O–H groups in total. The van der Waals surface area contributed by atoms with Gasteiger partial charge in [0.1, 0.15) is 5.41 Å². The lowest BCUT2D eigenvalue weighted by Crippen LogP contribution is -2.42. The van der Waals surface area contributed by atoms with Crippen molar-refractivity contribution in [3.63, 3.8) is 0 Å². The van der Waals surface area contributed by atoms with Crippen LogP contribution in [0.4, 0.5) is 0 Å². The highest BCUT2D eigenvalue weighted by atomic mass is 32.1. The van der Waals surface area contributed by atoms with E-state index in [0.717, 1.165) is 13.0 Å². The topological polar surface area (TPSA) is 49.8 Å². The molecule has 18 heavy (non-hydrogen) atoms. The highest BCUT2D eigenvalue weighted by Gasteiger charge is 2.43. The fourth-order valence-electron chi connectivity index (χ4n) is 2.32. The summed E-state index contributed by atoms with van der Waals surface area (Å²) >= 11 is 1.75. The second-order valence-electron chi connectivity index (χ2n) is 4.96. The average Bonchev–Trinajstić information content (AvgIpc) is 2.97. The third-order valence-corrected chi connectivity index (χ3v) is 4.39. The summed E-state index contributed by atoms with van der Waals surface area (Å²) in [5.74, 6) is -0.733. The Morgan fingerprint density at radius 2 is 2.50 bits per heavy atom. The van der Waals surface area contributed by atoms with Crippen LogP contribution in [0.15, 0.2) is 17.5 Å². The number of thiophene rings is 1. The maximum absolute atomic E-state index is 11.4. The molecular weight excluding hydrogens is 250 g/mol. The normalized spacial score (nSPS) is 23.7. The van der Waals surface area contributed by atoms with Gasteiger partial charge in [-0.3, -0.25) is 4.79 Å². The molecule has 2 heterocycles. The van der Waals surface area contributed by atoms with Crippen LogP contribution < -0.4 is 0 Å². The highest BCUT2D eigenvalue weighted by Crippen LogP contribution is 2.29. The first-order valence-corrected chi connectivity index (χ1v) is 7.02. The van der Waals surface area contributed by atoms with E-state index < -0.39 is 11.4 Å². The quantitative estimate of drug-likeness (QED) is 0.854. The first kappa shape index (κ1) is 13.5. The van der Waals surface area contributed by atoms with Gasteiger partial charge in [-0.05, 0) is 31.3 Å². The first-order valence-electron chi connectivity index (χ1n) is 6.14. The number of hydrogen-bond acceptors (Lipinski definition) is 4. The SMILES string of the molecule is CN(CCc1cccs1)CC1(C(=O)O)CCOC1. The van der Waals surface area contributed by atoms with Crippen molar-refractivity contribution in [3.05, 3.63) is 22.4 Å². The third kappa shape index (κ3) is 3.10. The zero-order valence-corrected chi connectivity index (χ0v) is 11.4. The molecule has 1 unspecified atom stereocenters.